The van der Waals surface area contributed by atoms with E-state index in [1.165, 1.54) is 4.88 Å². The standard InChI is InChI=1S/C15H17BrN2OS/c1-11(19)18(2)10-12-5-3-4-6-14(12)17-9-13-7-8-15(16)20-13/h3-8,17H,9-10H2,1-2H3. The summed E-state index contributed by atoms with van der Waals surface area (Å²) in [4.78, 5) is 14.3. The number of thiophene rings is 1. The van der Waals surface area contributed by atoms with Gasteiger partial charge in [-0.05, 0) is 39.7 Å². The Morgan fingerprint density at radius 3 is 2.70 bits per heavy atom. The molecule has 0 atom stereocenters. The summed E-state index contributed by atoms with van der Waals surface area (Å²) in [5.41, 5.74) is 2.20. The lowest BCUT2D eigenvalue weighted by molar-refractivity contribution is -0.128. The fraction of sp³-hybridized carbons (Fsp3) is 0.267. The van der Waals surface area contributed by atoms with Gasteiger partial charge < -0.3 is 10.2 Å². The van der Waals surface area contributed by atoms with Crippen molar-refractivity contribution < 1.29 is 4.79 Å². The van der Waals surface area contributed by atoms with Gasteiger partial charge in [0, 0.05) is 37.6 Å². The molecule has 2 rings (SSSR count). The van der Waals surface area contributed by atoms with Crippen molar-refractivity contribution in [3.05, 3.63) is 50.6 Å². The number of para-hydroxylation sites is 1. The molecule has 2 aromatic rings. The highest BCUT2D eigenvalue weighted by molar-refractivity contribution is 9.11. The van der Waals surface area contributed by atoms with Crippen LogP contribution in [0.4, 0.5) is 5.69 Å². The summed E-state index contributed by atoms with van der Waals surface area (Å²) in [6, 6.07) is 12.3. The van der Waals surface area contributed by atoms with E-state index in [0.29, 0.717) is 6.54 Å². The lowest BCUT2D eigenvalue weighted by Gasteiger charge is -2.18. The second-order valence-electron chi connectivity index (χ2n) is 4.59. The number of carbonyl (C=O) groups excluding carboxylic acids is 1. The van der Waals surface area contributed by atoms with Crippen LogP contribution in [0.1, 0.15) is 17.4 Å². The van der Waals surface area contributed by atoms with Crippen molar-refractivity contribution in [1.82, 2.24) is 4.90 Å². The maximum atomic E-state index is 11.3. The molecule has 0 radical (unpaired) electrons. The van der Waals surface area contributed by atoms with E-state index < -0.39 is 0 Å². The first-order valence-corrected chi connectivity index (χ1v) is 7.95. The number of nitrogens with zero attached hydrogens (tertiary/aromatic N) is 1. The Bertz CT molecular complexity index is 597. The van der Waals surface area contributed by atoms with Gasteiger partial charge in [0.1, 0.15) is 0 Å². The zero-order valence-corrected chi connectivity index (χ0v) is 13.9. The zero-order chi connectivity index (χ0) is 14.5. The molecule has 1 aromatic carbocycles. The average Bonchev–Trinajstić information content (AvgIpc) is 2.83. The molecule has 0 spiro atoms. The summed E-state index contributed by atoms with van der Waals surface area (Å²) < 4.78 is 1.14. The highest BCUT2D eigenvalue weighted by Gasteiger charge is 2.07. The number of nitrogens with one attached hydrogen (secondary N) is 1. The Balaban J connectivity index is 2.05. The summed E-state index contributed by atoms with van der Waals surface area (Å²) in [5, 5.41) is 3.44. The summed E-state index contributed by atoms with van der Waals surface area (Å²) in [7, 11) is 1.81. The molecule has 5 heteroatoms. The highest BCUT2D eigenvalue weighted by Crippen LogP contribution is 2.24. The molecule has 1 N–H and O–H groups in total. The molecule has 3 nitrogen and oxygen atoms in total. The zero-order valence-electron chi connectivity index (χ0n) is 11.5. The number of hydrogen-bond donors (Lipinski definition) is 1. The Morgan fingerprint density at radius 2 is 2.05 bits per heavy atom. The Hall–Kier alpha value is -1.33. The fourth-order valence-corrected chi connectivity index (χ4v) is 3.25. The van der Waals surface area contributed by atoms with Gasteiger partial charge in [0.15, 0.2) is 0 Å². The molecule has 1 heterocycles. The maximum Gasteiger partial charge on any atom is 0.219 e. The Kier molecular flexibility index (Phi) is 5.20. The minimum absolute atomic E-state index is 0.0713. The van der Waals surface area contributed by atoms with Crippen LogP contribution in [0.5, 0.6) is 0 Å². The van der Waals surface area contributed by atoms with Crippen LogP contribution in [0.15, 0.2) is 40.2 Å². The molecule has 0 aliphatic carbocycles. The third kappa shape index (κ3) is 4.08. The number of benzene rings is 1. The van der Waals surface area contributed by atoms with Crippen LogP contribution in [-0.2, 0) is 17.9 Å². The van der Waals surface area contributed by atoms with Crippen molar-refractivity contribution in [1.29, 1.82) is 0 Å². The first kappa shape index (κ1) is 15.1. The molecular formula is C15H17BrN2OS. The van der Waals surface area contributed by atoms with Gasteiger partial charge in [-0.3, -0.25) is 4.79 Å². The molecule has 0 saturated heterocycles. The molecule has 20 heavy (non-hydrogen) atoms. The van der Waals surface area contributed by atoms with Crippen LogP contribution >= 0.6 is 27.3 Å². The van der Waals surface area contributed by atoms with Gasteiger partial charge in [0.2, 0.25) is 5.91 Å². The van der Waals surface area contributed by atoms with E-state index in [0.717, 1.165) is 21.6 Å². The molecule has 0 saturated carbocycles. The van der Waals surface area contributed by atoms with E-state index >= 15 is 0 Å². The normalized spacial score (nSPS) is 10.3. The van der Waals surface area contributed by atoms with Crippen molar-refractivity contribution in [2.45, 2.75) is 20.0 Å². The second-order valence-corrected chi connectivity index (χ2v) is 7.14. The summed E-state index contributed by atoms with van der Waals surface area (Å²) >= 11 is 5.19. The van der Waals surface area contributed by atoms with Crippen LogP contribution in [0, 0.1) is 0 Å². The van der Waals surface area contributed by atoms with E-state index in [-0.39, 0.29) is 5.91 Å². The van der Waals surface area contributed by atoms with Gasteiger partial charge in [0.25, 0.3) is 0 Å². The number of halogens is 1. The summed E-state index contributed by atoms with van der Waals surface area (Å²) in [6.07, 6.45) is 0. The topological polar surface area (TPSA) is 32.3 Å². The summed E-state index contributed by atoms with van der Waals surface area (Å²) in [5.74, 6) is 0.0713. The first-order chi connectivity index (χ1) is 9.56. The molecule has 1 aromatic heterocycles. The van der Waals surface area contributed by atoms with Crippen LogP contribution in [0.3, 0.4) is 0 Å². The van der Waals surface area contributed by atoms with Gasteiger partial charge in [-0.2, -0.15) is 0 Å². The van der Waals surface area contributed by atoms with Crippen LogP contribution in [-0.4, -0.2) is 17.9 Å². The fourth-order valence-electron chi connectivity index (χ4n) is 1.83. The third-order valence-corrected chi connectivity index (χ3v) is 4.67. The highest BCUT2D eigenvalue weighted by atomic mass is 79.9. The van der Waals surface area contributed by atoms with Crippen molar-refractivity contribution in [2.75, 3.05) is 12.4 Å². The molecule has 1 amide bonds. The van der Waals surface area contributed by atoms with Gasteiger partial charge in [-0.25, -0.2) is 0 Å². The molecular weight excluding hydrogens is 336 g/mol. The largest absolute Gasteiger partial charge is 0.380 e. The molecule has 0 bridgehead atoms. The molecule has 0 aliphatic heterocycles. The van der Waals surface area contributed by atoms with Gasteiger partial charge in [-0.1, -0.05) is 18.2 Å². The Morgan fingerprint density at radius 1 is 1.30 bits per heavy atom. The smallest absolute Gasteiger partial charge is 0.219 e. The quantitative estimate of drug-likeness (QED) is 0.878. The van der Waals surface area contributed by atoms with Crippen LogP contribution in [0.25, 0.3) is 0 Å². The van der Waals surface area contributed by atoms with Crippen molar-refractivity contribution in [2.24, 2.45) is 0 Å². The van der Waals surface area contributed by atoms with Crippen molar-refractivity contribution in [3.8, 4) is 0 Å². The van der Waals surface area contributed by atoms with Crippen molar-refractivity contribution >= 4 is 38.9 Å². The Labute approximate surface area is 131 Å². The molecule has 106 valence electrons. The number of hydrogen-bond acceptors (Lipinski definition) is 3. The number of carbonyl (C=O) groups is 1. The maximum absolute atomic E-state index is 11.3. The number of amides is 1. The second kappa shape index (κ2) is 6.90. The van der Waals surface area contributed by atoms with Gasteiger partial charge >= 0.3 is 0 Å². The SMILES string of the molecule is CC(=O)N(C)Cc1ccccc1NCc1ccc(Br)s1. The number of anilines is 1. The summed E-state index contributed by atoms with van der Waals surface area (Å²) in [6.45, 7) is 2.99. The minimum atomic E-state index is 0.0713. The molecule has 0 unspecified atom stereocenters. The average molecular weight is 353 g/mol. The van der Waals surface area contributed by atoms with E-state index in [1.807, 2.05) is 31.3 Å². The monoisotopic (exact) mass is 352 g/mol. The van der Waals surface area contributed by atoms with E-state index in [2.05, 4.69) is 33.4 Å². The van der Waals surface area contributed by atoms with Crippen LogP contribution < -0.4 is 5.32 Å². The lowest BCUT2D eigenvalue weighted by atomic mass is 10.1. The predicted octanol–water partition coefficient (Wildman–Crippen LogP) is 4.10. The van der Waals surface area contributed by atoms with Gasteiger partial charge in [0.05, 0.1) is 3.79 Å². The molecule has 0 aliphatic rings. The van der Waals surface area contributed by atoms with E-state index in [4.69, 9.17) is 0 Å². The molecule has 0 fully saturated rings. The third-order valence-electron chi connectivity index (χ3n) is 3.04. The van der Waals surface area contributed by atoms with E-state index in [1.54, 1.807) is 23.2 Å². The predicted molar refractivity (Wildman–Crippen MR) is 87.9 cm³/mol. The van der Waals surface area contributed by atoms with Gasteiger partial charge in [-0.15, -0.1) is 11.3 Å². The van der Waals surface area contributed by atoms with E-state index in [9.17, 15) is 4.79 Å². The minimum Gasteiger partial charge on any atom is -0.380 e. The van der Waals surface area contributed by atoms with Crippen molar-refractivity contribution in [3.63, 3.8) is 0 Å². The lowest BCUT2D eigenvalue weighted by Crippen LogP contribution is -2.23. The van der Waals surface area contributed by atoms with Crippen LogP contribution in [0.2, 0.25) is 0 Å². The number of rotatable bonds is 5. The first-order valence-electron chi connectivity index (χ1n) is 6.34.